The van der Waals surface area contributed by atoms with Crippen LogP contribution in [0, 0.1) is 0 Å². The maximum absolute atomic E-state index is 10.6. The second-order valence-electron chi connectivity index (χ2n) is 4.70. The van der Waals surface area contributed by atoms with Gasteiger partial charge in [-0.3, -0.25) is 9.69 Å². The van der Waals surface area contributed by atoms with Gasteiger partial charge in [0, 0.05) is 18.0 Å². The van der Waals surface area contributed by atoms with Gasteiger partial charge in [-0.05, 0) is 42.8 Å². The second-order valence-corrected chi connectivity index (χ2v) is 6.80. The van der Waals surface area contributed by atoms with Crippen LogP contribution >= 0.6 is 27.3 Å². The third-order valence-electron chi connectivity index (χ3n) is 3.34. The van der Waals surface area contributed by atoms with Crippen molar-refractivity contribution in [3.63, 3.8) is 0 Å². The molecule has 1 aromatic rings. The van der Waals surface area contributed by atoms with Gasteiger partial charge in [-0.15, -0.1) is 11.3 Å². The summed E-state index contributed by atoms with van der Waals surface area (Å²) in [4.78, 5) is 14.3. The van der Waals surface area contributed by atoms with Gasteiger partial charge in [-0.1, -0.05) is 22.4 Å². The highest BCUT2D eigenvalue weighted by molar-refractivity contribution is 9.10. The number of hydrogen-bond donors (Lipinski definition) is 1. The number of alkyl halides is 1. The van der Waals surface area contributed by atoms with E-state index in [1.807, 2.05) is 11.3 Å². The third kappa shape index (κ3) is 3.80. The summed E-state index contributed by atoms with van der Waals surface area (Å²) in [6.07, 6.45) is 3.93. The first-order valence-electron chi connectivity index (χ1n) is 6.31. The van der Waals surface area contributed by atoms with Crippen molar-refractivity contribution in [2.75, 3.05) is 13.1 Å². The Bertz CT molecular complexity index is 407. The fourth-order valence-electron chi connectivity index (χ4n) is 2.28. The highest BCUT2D eigenvalue weighted by Gasteiger charge is 2.17. The summed E-state index contributed by atoms with van der Waals surface area (Å²) < 4.78 is 0. The van der Waals surface area contributed by atoms with E-state index in [1.165, 1.54) is 16.9 Å². The summed E-state index contributed by atoms with van der Waals surface area (Å²) in [7, 11) is 0. The molecule has 0 radical (unpaired) electrons. The van der Waals surface area contributed by atoms with Gasteiger partial charge in [0.2, 0.25) is 0 Å². The molecule has 2 rings (SSSR count). The maximum atomic E-state index is 10.6. The van der Waals surface area contributed by atoms with E-state index in [0.717, 1.165) is 32.5 Å². The van der Waals surface area contributed by atoms with Crippen molar-refractivity contribution in [3.8, 4) is 0 Å². The molecule has 0 saturated heterocycles. The van der Waals surface area contributed by atoms with Gasteiger partial charge >= 0.3 is 5.97 Å². The van der Waals surface area contributed by atoms with Crippen LogP contribution in [0.3, 0.4) is 0 Å². The van der Waals surface area contributed by atoms with Gasteiger partial charge in [-0.2, -0.15) is 0 Å². The molecule has 3 nitrogen and oxygen atoms in total. The van der Waals surface area contributed by atoms with E-state index < -0.39 is 5.97 Å². The second kappa shape index (κ2) is 6.68. The summed E-state index contributed by atoms with van der Waals surface area (Å²) in [5.74, 6) is -0.754. The minimum Gasteiger partial charge on any atom is -0.480 e. The summed E-state index contributed by atoms with van der Waals surface area (Å²) in [5.41, 5.74) is 1.48. The van der Waals surface area contributed by atoms with Crippen molar-refractivity contribution in [2.45, 2.75) is 37.1 Å². The Morgan fingerprint density at radius 2 is 2.39 bits per heavy atom. The van der Waals surface area contributed by atoms with Crippen molar-refractivity contribution < 1.29 is 9.90 Å². The molecule has 1 unspecified atom stereocenters. The standard InChI is InChI=1S/C13H18BrNO2S/c14-11(13(16)17)3-1-2-6-15-7-4-12-10(9-15)5-8-18-12/h5,8,11H,1-4,6-7,9H2,(H,16,17). The number of rotatable bonds is 6. The summed E-state index contributed by atoms with van der Waals surface area (Å²) in [5, 5.41) is 10.9. The normalized spacial score (nSPS) is 17.4. The number of carbonyl (C=O) groups is 1. The van der Waals surface area contributed by atoms with Crippen LogP contribution in [-0.4, -0.2) is 33.9 Å². The number of fused-ring (bicyclic) bond motifs is 1. The summed E-state index contributed by atoms with van der Waals surface area (Å²) in [6, 6.07) is 2.23. The maximum Gasteiger partial charge on any atom is 0.317 e. The Morgan fingerprint density at radius 1 is 1.56 bits per heavy atom. The van der Waals surface area contributed by atoms with Crippen LogP contribution in [0.25, 0.3) is 0 Å². The molecule has 0 aliphatic carbocycles. The molecule has 100 valence electrons. The molecule has 1 aliphatic heterocycles. The third-order valence-corrected chi connectivity index (χ3v) is 5.21. The van der Waals surface area contributed by atoms with Crippen LogP contribution in [0.2, 0.25) is 0 Å². The lowest BCUT2D eigenvalue weighted by atomic mass is 10.1. The first kappa shape index (κ1) is 14.0. The quantitative estimate of drug-likeness (QED) is 0.643. The topological polar surface area (TPSA) is 40.5 Å². The molecule has 0 spiro atoms. The zero-order valence-corrected chi connectivity index (χ0v) is 12.7. The zero-order chi connectivity index (χ0) is 13.0. The molecule has 1 aromatic heterocycles. The zero-order valence-electron chi connectivity index (χ0n) is 10.3. The molecule has 1 aliphatic rings. The number of halogens is 1. The fourth-order valence-corrected chi connectivity index (χ4v) is 3.49. The number of aliphatic carboxylic acids is 1. The van der Waals surface area contributed by atoms with Crippen molar-refractivity contribution in [1.29, 1.82) is 0 Å². The molecule has 0 saturated carbocycles. The van der Waals surface area contributed by atoms with Crippen molar-refractivity contribution >= 4 is 33.2 Å². The molecule has 0 amide bonds. The molecule has 0 bridgehead atoms. The largest absolute Gasteiger partial charge is 0.480 e. The van der Waals surface area contributed by atoms with E-state index in [0.29, 0.717) is 6.42 Å². The SMILES string of the molecule is O=C(O)C(Br)CCCCN1CCc2sccc2C1. The molecule has 0 fully saturated rings. The van der Waals surface area contributed by atoms with E-state index >= 15 is 0 Å². The van der Waals surface area contributed by atoms with E-state index in [-0.39, 0.29) is 4.83 Å². The minimum atomic E-state index is -0.754. The summed E-state index contributed by atoms with van der Waals surface area (Å²) >= 11 is 5.04. The van der Waals surface area contributed by atoms with Crippen LogP contribution in [-0.2, 0) is 17.8 Å². The Balaban J connectivity index is 1.65. The first-order chi connectivity index (χ1) is 8.66. The highest BCUT2D eigenvalue weighted by Crippen LogP contribution is 2.24. The predicted molar refractivity (Wildman–Crippen MR) is 77.5 cm³/mol. The Morgan fingerprint density at radius 3 is 3.17 bits per heavy atom. The van der Waals surface area contributed by atoms with Gasteiger partial charge in [0.05, 0.1) is 0 Å². The van der Waals surface area contributed by atoms with Crippen LogP contribution < -0.4 is 0 Å². The van der Waals surface area contributed by atoms with Crippen LogP contribution in [0.15, 0.2) is 11.4 Å². The molecule has 1 N–H and O–H groups in total. The minimum absolute atomic E-state index is 0.387. The van der Waals surface area contributed by atoms with Crippen molar-refractivity contribution in [1.82, 2.24) is 4.90 Å². The Kier molecular flexibility index (Phi) is 5.21. The van der Waals surface area contributed by atoms with Gasteiger partial charge in [0.1, 0.15) is 4.83 Å². The molecular formula is C13H18BrNO2S. The number of carboxylic acid groups (broad SMARTS) is 1. The number of nitrogens with zero attached hydrogens (tertiary/aromatic N) is 1. The van der Waals surface area contributed by atoms with E-state index in [4.69, 9.17) is 5.11 Å². The molecule has 0 aromatic carbocycles. The van der Waals surface area contributed by atoms with Crippen LogP contribution in [0.5, 0.6) is 0 Å². The van der Waals surface area contributed by atoms with Gasteiger partial charge in [-0.25, -0.2) is 0 Å². The highest BCUT2D eigenvalue weighted by atomic mass is 79.9. The lowest BCUT2D eigenvalue weighted by Crippen LogP contribution is -2.30. The first-order valence-corrected chi connectivity index (χ1v) is 8.11. The summed E-state index contributed by atoms with van der Waals surface area (Å²) in [6.45, 7) is 3.29. The number of thiophene rings is 1. The predicted octanol–water partition coefficient (Wildman–Crippen LogP) is 3.12. The van der Waals surface area contributed by atoms with Crippen LogP contribution in [0.1, 0.15) is 29.7 Å². The molecule has 1 atom stereocenters. The lowest BCUT2D eigenvalue weighted by Gasteiger charge is -2.26. The molecule has 2 heterocycles. The molecule has 5 heteroatoms. The average Bonchev–Trinajstić information content (AvgIpc) is 2.81. The smallest absolute Gasteiger partial charge is 0.317 e. The number of carboxylic acids is 1. The number of unbranched alkanes of at least 4 members (excludes halogenated alkanes) is 1. The van der Waals surface area contributed by atoms with E-state index in [2.05, 4.69) is 32.3 Å². The lowest BCUT2D eigenvalue weighted by molar-refractivity contribution is -0.136. The van der Waals surface area contributed by atoms with Gasteiger partial charge in [0.25, 0.3) is 0 Å². The Labute approximate surface area is 120 Å². The monoisotopic (exact) mass is 331 g/mol. The number of hydrogen-bond acceptors (Lipinski definition) is 3. The molecular weight excluding hydrogens is 314 g/mol. The average molecular weight is 332 g/mol. The van der Waals surface area contributed by atoms with Crippen molar-refractivity contribution in [2.24, 2.45) is 0 Å². The van der Waals surface area contributed by atoms with Gasteiger partial charge < -0.3 is 5.11 Å². The van der Waals surface area contributed by atoms with E-state index in [9.17, 15) is 4.79 Å². The van der Waals surface area contributed by atoms with Crippen LogP contribution in [0.4, 0.5) is 0 Å². The fraction of sp³-hybridized carbons (Fsp3) is 0.615. The van der Waals surface area contributed by atoms with E-state index in [1.54, 1.807) is 0 Å². The van der Waals surface area contributed by atoms with Crippen molar-refractivity contribution in [3.05, 3.63) is 21.9 Å². The Hall–Kier alpha value is -0.390. The molecule has 18 heavy (non-hydrogen) atoms. The van der Waals surface area contributed by atoms with Gasteiger partial charge in [0.15, 0.2) is 0 Å².